The van der Waals surface area contributed by atoms with Crippen LogP contribution in [0, 0.1) is 0 Å². The van der Waals surface area contributed by atoms with Gasteiger partial charge in [-0.1, -0.05) is 18.2 Å². The molecule has 0 bridgehead atoms. The van der Waals surface area contributed by atoms with Crippen LogP contribution in [0.15, 0.2) is 54.2 Å². The van der Waals surface area contributed by atoms with E-state index in [1.807, 2.05) is 22.9 Å². The molecule has 22 heavy (non-hydrogen) atoms. The van der Waals surface area contributed by atoms with E-state index in [1.54, 1.807) is 24.8 Å². The Bertz CT molecular complexity index is 822. The van der Waals surface area contributed by atoms with Gasteiger partial charge in [0, 0.05) is 16.1 Å². The van der Waals surface area contributed by atoms with Crippen molar-refractivity contribution in [2.24, 2.45) is 0 Å². The maximum atomic E-state index is 5.31. The van der Waals surface area contributed by atoms with Gasteiger partial charge in [0.25, 0.3) is 0 Å². The largest absolute Gasteiger partial charge is 0.497 e. The Morgan fingerprint density at radius 3 is 3.05 bits per heavy atom. The van der Waals surface area contributed by atoms with Gasteiger partial charge >= 0.3 is 0 Å². The van der Waals surface area contributed by atoms with E-state index >= 15 is 0 Å². The molecule has 0 unspecified atom stereocenters. The van der Waals surface area contributed by atoms with Crippen LogP contribution < -0.4 is 10.1 Å². The van der Waals surface area contributed by atoms with Crippen molar-refractivity contribution in [2.75, 3.05) is 12.4 Å². The van der Waals surface area contributed by atoms with E-state index in [9.17, 15) is 0 Å². The average Bonchev–Trinajstić information content (AvgIpc) is 3.25. The summed E-state index contributed by atoms with van der Waals surface area (Å²) in [4.78, 5) is 5.54. The number of nitrogens with one attached hydrogen (secondary N) is 1. The van der Waals surface area contributed by atoms with Gasteiger partial charge < -0.3 is 10.1 Å². The molecule has 1 aliphatic heterocycles. The Labute approximate surface area is 131 Å². The van der Waals surface area contributed by atoms with Crippen molar-refractivity contribution < 1.29 is 4.74 Å². The zero-order valence-corrected chi connectivity index (χ0v) is 12.7. The minimum absolute atomic E-state index is 0.0555. The molecule has 1 aromatic carbocycles. The summed E-state index contributed by atoms with van der Waals surface area (Å²) in [7, 11) is 1.67. The van der Waals surface area contributed by atoms with Gasteiger partial charge in [-0.15, -0.1) is 11.3 Å². The summed E-state index contributed by atoms with van der Waals surface area (Å²) >= 11 is 1.72. The predicted molar refractivity (Wildman–Crippen MR) is 87.1 cm³/mol. The summed E-state index contributed by atoms with van der Waals surface area (Å²) in [5.41, 5.74) is 2.08. The molecular formula is C16H14N4OS. The number of nitrogens with zero attached hydrogens (tertiary/aromatic N) is 3. The van der Waals surface area contributed by atoms with Gasteiger partial charge in [-0.3, -0.25) is 0 Å². The zero-order chi connectivity index (χ0) is 14.9. The van der Waals surface area contributed by atoms with E-state index in [4.69, 9.17) is 4.74 Å². The number of hydrogen-bond acceptors (Lipinski definition) is 5. The first-order valence-corrected chi connectivity index (χ1v) is 7.79. The van der Waals surface area contributed by atoms with Crippen molar-refractivity contribution in [1.29, 1.82) is 0 Å². The van der Waals surface area contributed by atoms with E-state index in [2.05, 4.69) is 45.1 Å². The van der Waals surface area contributed by atoms with Crippen LogP contribution in [-0.2, 0) is 0 Å². The molecule has 2 aromatic heterocycles. The predicted octanol–water partition coefficient (Wildman–Crippen LogP) is 3.40. The fraction of sp³-hybridized carbons (Fsp3) is 0.125. The van der Waals surface area contributed by atoms with Gasteiger partial charge in [0.1, 0.15) is 18.1 Å². The van der Waals surface area contributed by atoms with Crippen LogP contribution >= 0.6 is 11.3 Å². The SMILES string of the molecule is COc1cccc(C2=C[C@H](c3cccs3)n3ncnc3N2)c1. The number of methoxy groups -OCH3 is 1. The highest BCUT2D eigenvalue weighted by Gasteiger charge is 2.24. The van der Waals surface area contributed by atoms with E-state index in [0.29, 0.717) is 0 Å². The van der Waals surface area contributed by atoms with Crippen LogP contribution in [0.4, 0.5) is 5.95 Å². The van der Waals surface area contributed by atoms with Crippen molar-refractivity contribution >= 4 is 23.0 Å². The van der Waals surface area contributed by atoms with E-state index in [-0.39, 0.29) is 6.04 Å². The topological polar surface area (TPSA) is 52.0 Å². The number of allylic oxidation sites excluding steroid dienone is 1. The van der Waals surface area contributed by atoms with Crippen LogP contribution in [0.2, 0.25) is 0 Å². The molecule has 1 N–H and O–H groups in total. The molecule has 1 aliphatic rings. The third kappa shape index (κ3) is 2.17. The molecule has 5 nitrogen and oxygen atoms in total. The zero-order valence-electron chi connectivity index (χ0n) is 11.9. The fourth-order valence-corrected chi connectivity index (χ4v) is 3.33. The number of hydrogen-bond donors (Lipinski definition) is 1. The molecule has 0 radical (unpaired) electrons. The first kappa shape index (κ1) is 13.1. The molecule has 0 fully saturated rings. The summed E-state index contributed by atoms with van der Waals surface area (Å²) in [5, 5.41) is 9.75. The third-order valence-corrected chi connectivity index (χ3v) is 4.57. The molecule has 1 atom stereocenters. The first-order valence-electron chi connectivity index (χ1n) is 6.91. The number of aromatic nitrogens is 3. The monoisotopic (exact) mass is 310 g/mol. The lowest BCUT2D eigenvalue weighted by Gasteiger charge is -2.23. The number of rotatable bonds is 3. The average molecular weight is 310 g/mol. The van der Waals surface area contributed by atoms with Crippen LogP contribution in [0.25, 0.3) is 5.70 Å². The standard InChI is InChI=1S/C16H14N4OS/c1-21-12-5-2-4-11(8-12)13-9-14(15-6-3-7-22-15)20-16(19-13)17-10-18-20/h2-10,14H,1H3,(H,17,18,19)/t14-/m1/s1. The van der Waals surface area contributed by atoms with Crippen LogP contribution in [-0.4, -0.2) is 21.9 Å². The molecule has 0 spiro atoms. The molecule has 0 saturated heterocycles. The second kappa shape index (κ2) is 5.31. The Balaban J connectivity index is 1.80. The highest BCUT2D eigenvalue weighted by molar-refractivity contribution is 7.10. The van der Waals surface area contributed by atoms with Crippen LogP contribution in [0.5, 0.6) is 5.75 Å². The van der Waals surface area contributed by atoms with Gasteiger partial charge in [0.15, 0.2) is 0 Å². The number of thiophene rings is 1. The maximum Gasteiger partial charge on any atom is 0.226 e. The Kier molecular flexibility index (Phi) is 3.16. The second-order valence-electron chi connectivity index (χ2n) is 4.93. The summed E-state index contributed by atoms with van der Waals surface area (Å²) in [5.74, 6) is 1.58. The Morgan fingerprint density at radius 1 is 1.27 bits per heavy atom. The van der Waals surface area contributed by atoms with E-state index in [1.165, 1.54) is 4.88 Å². The molecular weight excluding hydrogens is 296 g/mol. The summed E-state index contributed by atoms with van der Waals surface area (Å²) in [6.45, 7) is 0. The third-order valence-electron chi connectivity index (χ3n) is 3.62. The highest BCUT2D eigenvalue weighted by Crippen LogP contribution is 2.34. The molecule has 0 saturated carbocycles. The molecule has 0 amide bonds. The number of ether oxygens (including phenoxy) is 1. The summed E-state index contributed by atoms with van der Waals surface area (Å²) in [6, 6.07) is 12.2. The normalized spacial score (nSPS) is 16.6. The lowest BCUT2D eigenvalue weighted by Crippen LogP contribution is -2.19. The van der Waals surface area contributed by atoms with Crippen molar-refractivity contribution in [3.63, 3.8) is 0 Å². The highest BCUT2D eigenvalue weighted by atomic mass is 32.1. The molecule has 4 rings (SSSR count). The second-order valence-corrected chi connectivity index (χ2v) is 5.91. The molecule has 110 valence electrons. The van der Waals surface area contributed by atoms with Crippen LogP contribution in [0.1, 0.15) is 16.5 Å². The minimum atomic E-state index is 0.0555. The lowest BCUT2D eigenvalue weighted by molar-refractivity contribution is 0.414. The van der Waals surface area contributed by atoms with Crippen LogP contribution in [0.3, 0.4) is 0 Å². The summed E-state index contributed by atoms with van der Waals surface area (Å²) in [6.07, 6.45) is 3.74. The Hall–Kier alpha value is -2.60. The maximum absolute atomic E-state index is 5.31. The van der Waals surface area contributed by atoms with Crippen molar-refractivity contribution in [1.82, 2.24) is 14.8 Å². The van der Waals surface area contributed by atoms with Crippen molar-refractivity contribution in [2.45, 2.75) is 6.04 Å². The number of benzene rings is 1. The molecule has 3 aromatic rings. The number of anilines is 1. The minimum Gasteiger partial charge on any atom is -0.497 e. The van der Waals surface area contributed by atoms with E-state index in [0.717, 1.165) is 23.0 Å². The quantitative estimate of drug-likeness (QED) is 0.805. The van der Waals surface area contributed by atoms with Gasteiger partial charge in [0.2, 0.25) is 5.95 Å². The van der Waals surface area contributed by atoms with E-state index < -0.39 is 0 Å². The smallest absolute Gasteiger partial charge is 0.226 e. The Morgan fingerprint density at radius 2 is 2.23 bits per heavy atom. The van der Waals surface area contributed by atoms with Gasteiger partial charge in [-0.05, 0) is 29.7 Å². The van der Waals surface area contributed by atoms with Gasteiger partial charge in [0.05, 0.1) is 7.11 Å². The molecule has 3 heterocycles. The van der Waals surface area contributed by atoms with Gasteiger partial charge in [-0.2, -0.15) is 10.1 Å². The first-order chi connectivity index (χ1) is 10.8. The summed E-state index contributed by atoms with van der Waals surface area (Å²) < 4.78 is 7.21. The molecule has 0 aliphatic carbocycles. The molecule has 6 heteroatoms. The van der Waals surface area contributed by atoms with Crippen molar-refractivity contribution in [3.05, 3.63) is 64.6 Å². The number of fused-ring (bicyclic) bond motifs is 1. The van der Waals surface area contributed by atoms with Gasteiger partial charge in [-0.25, -0.2) is 4.68 Å². The fourth-order valence-electron chi connectivity index (χ4n) is 2.55. The van der Waals surface area contributed by atoms with Crippen molar-refractivity contribution in [3.8, 4) is 5.75 Å². The lowest BCUT2D eigenvalue weighted by atomic mass is 10.1.